The van der Waals surface area contributed by atoms with E-state index in [-0.39, 0.29) is 6.42 Å². The molecule has 0 radical (unpaired) electrons. The fraction of sp³-hybridized carbons (Fsp3) is 0.333. The minimum Gasteiger partial charge on any atom is -0.495 e. The van der Waals surface area contributed by atoms with Crippen LogP contribution >= 0.6 is 15.9 Å². The number of nitrogens with two attached hydrogens (primary N) is 1. The fourth-order valence-corrected chi connectivity index (χ4v) is 1.38. The Kier molecular flexibility index (Phi) is 3.86. The summed E-state index contributed by atoms with van der Waals surface area (Å²) in [6.07, 6.45) is 1.86. The number of ether oxygens (including phenoxy) is 1. The highest BCUT2D eigenvalue weighted by Crippen LogP contribution is 2.26. The second kappa shape index (κ2) is 4.94. The number of pyridine rings is 1. The van der Waals surface area contributed by atoms with Gasteiger partial charge in [-0.15, -0.1) is 0 Å². The first kappa shape index (κ1) is 11.0. The van der Waals surface area contributed by atoms with Gasteiger partial charge in [-0.3, -0.25) is 4.98 Å². The normalized spacial score (nSPS) is 11.9. The lowest BCUT2D eigenvalue weighted by atomic mass is 10.1. The average Bonchev–Trinajstić information content (AvgIpc) is 2.17. The molecule has 0 aromatic carbocycles. The second-order valence-electron chi connectivity index (χ2n) is 2.71. The van der Waals surface area contributed by atoms with Gasteiger partial charge in [0.25, 0.3) is 0 Å². The van der Waals surface area contributed by atoms with Crippen molar-refractivity contribution in [2.75, 3.05) is 7.11 Å². The first-order chi connectivity index (χ1) is 6.69. The molecule has 5 heteroatoms. The van der Waals surface area contributed by atoms with Crippen molar-refractivity contribution in [3.05, 3.63) is 22.4 Å². The summed E-state index contributed by atoms with van der Waals surface area (Å²) in [5, 5.41) is 8.51. The Labute approximate surface area is 90.8 Å². The Hall–Kier alpha value is -1.12. The van der Waals surface area contributed by atoms with Gasteiger partial charge in [0.1, 0.15) is 11.4 Å². The molecular weight excluding hydrogens is 246 g/mol. The highest BCUT2D eigenvalue weighted by atomic mass is 79.9. The molecule has 4 nitrogen and oxygen atoms in total. The van der Waals surface area contributed by atoms with E-state index in [4.69, 9.17) is 15.7 Å². The first-order valence-corrected chi connectivity index (χ1v) is 4.80. The van der Waals surface area contributed by atoms with Crippen LogP contribution in [-0.4, -0.2) is 12.1 Å². The van der Waals surface area contributed by atoms with E-state index in [1.807, 2.05) is 6.07 Å². The number of rotatable bonds is 3. The molecule has 0 spiro atoms. The maximum absolute atomic E-state index is 8.51. The van der Waals surface area contributed by atoms with Crippen molar-refractivity contribution in [1.82, 2.24) is 4.98 Å². The van der Waals surface area contributed by atoms with E-state index in [2.05, 4.69) is 20.9 Å². The third kappa shape index (κ3) is 2.44. The Balaban J connectivity index is 3.02. The molecule has 0 amide bonds. The molecule has 1 atom stereocenters. The molecule has 1 aromatic heterocycles. The molecule has 1 heterocycles. The van der Waals surface area contributed by atoms with Crippen molar-refractivity contribution in [3.8, 4) is 11.8 Å². The number of aromatic nitrogens is 1. The van der Waals surface area contributed by atoms with E-state index >= 15 is 0 Å². The third-order valence-corrected chi connectivity index (χ3v) is 2.16. The average molecular weight is 256 g/mol. The van der Waals surface area contributed by atoms with Crippen LogP contribution in [0, 0.1) is 11.3 Å². The van der Waals surface area contributed by atoms with Gasteiger partial charge in [0.2, 0.25) is 0 Å². The highest BCUT2D eigenvalue weighted by molar-refractivity contribution is 9.10. The standard InChI is InChI=1S/C9H10BrN3O/c1-14-8-4-6(10)5-13-9(8)7(12)2-3-11/h4-5,7H,2,12H2,1H3. The van der Waals surface area contributed by atoms with Gasteiger partial charge in [-0.25, -0.2) is 0 Å². The molecule has 1 unspecified atom stereocenters. The van der Waals surface area contributed by atoms with Crippen molar-refractivity contribution in [2.45, 2.75) is 12.5 Å². The van der Waals surface area contributed by atoms with Crippen LogP contribution in [-0.2, 0) is 0 Å². The topological polar surface area (TPSA) is 71.9 Å². The Morgan fingerprint density at radius 3 is 3.07 bits per heavy atom. The lowest BCUT2D eigenvalue weighted by Gasteiger charge is -2.11. The van der Waals surface area contributed by atoms with Gasteiger partial charge in [-0.2, -0.15) is 5.26 Å². The zero-order valence-corrected chi connectivity index (χ0v) is 9.28. The Bertz CT molecular complexity index is 362. The smallest absolute Gasteiger partial charge is 0.143 e. The highest BCUT2D eigenvalue weighted by Gasteiger charge is 2.13. The summed E-state index contributed by atoms with van der Waals surface area (Å²) in [5.41, 5.74) is 6.36. The Morgan fingerprint density at radius 2 is 2.50 bits per heavy atom. The maximum atomic E-state index is 8.51. The van der Waals surface area contributed by atoms with E-state index < -0.39 is 6.04 Å². The molecule has 74 valence electrons. The summed E-state index contributed by atoms with van der Waals surface area (Å²) in [6.45, 7) is 0. The van der Waals surface area contributed by atoms with Crippen LogP contribution in [0.5, 0.6) is 5.75 Å². The molecular formula is C9H10BrN3O. The predicted molar refractivity (Wildman–Crippen MR) is 55.6 cm³/mol. The van der Waals surface area contributed by atoms with Crippen LogP contribution in [0.4, 0.5) is 0 Å². The molecule has 0 bridgehead atoms. The quantitative estimate of drug-likeness (QED) is 0.894. The van der Waals surface area contributed by atoms with Crippen molar-refractivity contribution < 1.29 is 4.74 Å². The number of methoxy groups -OCH3 is 1. The van der Waals surface area contributed by atoms with Gasteiger partial charge in [0.05, 0.1) is 25.6 Å². The zero-order chi connectivity index (χ0) is 10.6. The van der Waals surface area contributed by atoms with E-state index in [1.165, 1.54) is 0 Å². The third-order valence-electron chi connectivity index (χ3n) is 1.73. The fourth-order valence-electron chi connectivity index (χ4n) is 1.07. The zero-order valence-electron chi connectivity index (χ0n) is 7.70. The number of hydrogen-bond acceptors (Lipinski definition) is 4. The SMILES string of the molecule is COc1cc(Br)cnc1C(N)CC#N. The molecule has 1 rings (SSSR count). The predicted octanol–water partition coefficient (Wildman–Crippen LogP) is 1.77. The summed E-state index contributed by atoms with van der Waals surface area (Å²) < 4.78 is 5.93. The summed E-state index contributed by atoms with van der Waals surface area (Å²) in [6, 6.07) is 3.38. The van der Waals surface area contributed by atoms with Crippen LogP contribution < -0.4 is 10.5 Å². The van der Waals surface area contributed by atoms with Crippen LogP contribution in [0.3, 0.4) is 0 Å². The van der Waals surface area contributed by atoms with Crippen molar-refractivity contribution in [3.63, 3.8) is 0 Å². The van der Waals surface area contributed by atoms with Crippen LogP contribution in [0.15, 0.2) is 16.7 Å². The maximum Gasteiger partial charge on any atom is 0.143 e. The molecule has 14 heavy (non-hydrogen) atoms. The van der Waals surface area contributed by atoms with E-state index in [0.717, 1.165) is 4.47 Å². The monoisotopic (exact) mass is 255 g/mol. The lowest BCUT2D eigenvalue weighted by Crippen LogP contribution is -2.12. The summed E-state index contributed by atoms with van der Waals surface area (Å²) in [7, 11) is 1.55. The van der Waals surface area contributed by atoms with Gasteiger partial charge in [0.15, 0.2) is 0 Å². The number of hydrogen-bond donors (Lipinski definition) is 1. The van der Waals surface area contributed by atoms with Gasteiger partial charge in [-0.1, -0.05) is 0 Å². The van der Waals surface area contributed by atoms with Crippen LogP contribution in [0.25, 0.3) is 0 Å². The summed E-state index contributed by atoms with van der Waals surface area (Å²) >= 11 is 3.28. The van der Waals surface area contributed by atoms with E-state index in [9.17, 15) is 0 Å². The van der Waals surface area contributed by atoms with Crippen LogP contribution in [0.1, 0.15) is 18.2 Å². The number of nitriles is 1. The van der Waals surface area contributed by atoms with Crippen LogP contribution in [0.2, 0.25) is 0 Å². The van der Waals surface area contributed by atoms with Crippen molar-refractivity contribution >= 4 is 15.9 Å². The number of nitrogens with zero attached hydrogens (tertiary/aromatic N) is 2. The first-order valence-electron chi connectivity index (χ1n) is 4.01. The molecule has 0 fully saturated rings. The van der Waals surface area contributed by atoms with Gasteiger partial charge in [0, 0.05) is 10.7 Å². The van der Waals surface area contributed by atoms with E-state index in [1.54, 1.807) is 19.4 Å². The minimum absolute atomic E-state index is 0.227. The van der Waals surface area contributed by atoms with Crippen molar-refractivity contribution in [1.29, 1.82) is 5.26 Å². The molecule has 0 saturated heterocycles. The van der Waals surface area contributed by atoms with Crippen molar-refractivity contribution in [2.24, 2.45) is 5.73 Å². The summed E-state index contributed by atoms with van der Waals surface area (Å²) in [4.78, 5) is 4.12. The summed E-state index contributed by atoms with van der Waals surface area (Å²) in [5.74, 6) is 0.599. The molecule has 2 N–H and O–H groups in total. The van der Waals surface area contributed by atoms with E-state index in [0.29, 0.717) is 11.4 Å². The van der Waals surface area contributed by atoms with Gasteiger partial charge < -0.3 is 10.5 Å². The van der Waals surface area contributed by atoms with Gasteiger partial charge >= 0.3 is 0 Å². The Morgan fingerprint density at radius 1 is 1.79 bits per heavy atom. The van der Waals surface area contributed by atoms with Gasteiger partial charge in [-0.05, 0) is 22.0 Å². The number of halogens is 1. The lowest BCUT2D eigenvalue weighted by molar-refractivity contribution is 0.402. The molecule has 1 aromatic rings. The second-order valence-corrected chi connectivity index (χ2v) is 3.63. The molecule has 0 aliphatic rings. The molecule has 0 saturated carbocycles. The molecule has 0 aliphatic heterocycles. The minimum atomic E-state index is -0.400. The largest absolute Gasteiger partial charge is 0.495 e. The molecule has 0 aliphatic carbocycles.